The Hall–Kier alpha value is -2.18. The van der Waals surface area contributed by atoms with Crippen LogP contribution in [0.25, 0.3) is 0 Å². The summed E-state index contributed by atoms with van der Waals surface area (Å²) in [5.41, 5.74) is -1.75. The number of nitrogens with one attached hydrogen (secondary N) is 1. The average Bonchev–Trinajstić information content (AvgIpc) is 2.41. The van der Waals surface area contributed by atoms with E-state index in [9.17, 15) is 19.5 Å². The molecule has 7 heteroatoms. The van der Waals surface area contributed by atoms with Crippen molar-refractivity contribution < 1.29 is 14.7 Å². The minimum absolute atomic E-state index is 0.226. The molecule has 7 nitrogen and oxygen atoms in total. The number of amides is 1. The molecule has 21 heavy (non-hydrogen) atoms. The molecule has 1 aromatic heterocycles. The minimum atomic E-state index is -1.22. The zero-order valence-electron chi connectivity index (χ0n) is 11.9. The van der Waals surface area contributed by atoms with E-state index in [4.69, 9.17) is 0 Å². The first kappa shape index (κ1) is 15.2. The van der Waals surface area contributed by atoms with Crippen LogP contribution < -0.4 is 11.0 Å². The van der Waals surface area contributed by atoms with E-state index in [0.717, 1.165) is 17.4 Å². The number of carbonyl (C=O) groups is 2. The van der Waals surface area contributed by atoms with Gasteiger partial charge in [-0.1, -0.05) is 19.8 Å². The molecule has 0 radical (unpaired) electrons. The standard InChI is InChI=1S/C14H19N3O4/c1-10-4-2-5-14(8-10,12(19)20)16-11(18)9-17-7-3-6-15-13(17)21/h3,6-7,10H,2,4-5,8-9H2,1H3,(H,16,18)(H,19,20). The van der Waals surface area contributed by atoms with Gasteiger partial charge < -0.3 is 10.4 Å². The van der Waals surface area contributed by atoms with E-state index < -0.39 is 23.1 Å². The summed E-state index contributed by atoms with van der Waals surface area (Å²) in [6.07, 6.45) is 5.36. The van der Waals surface area contributed by atoms with Crippen molar-refractivity contribution in [2.75, 3.05) is 0 Å². The number of aliphatic carboxylic acids is 1. The molecule has 0 aliphatic heterocycles. The Kier molecular flexibility index (Phi) is 4.40. The van der Waals surface area contributed by atoms with Gasteiger partial charge in [-0.25, -0.2) is 14.6 Å². The summed E-state index contributed by atoms with van der Waals surface area (Å²) in [5.74, 6) is -1.25. The third kappa shape index (κ3) is 3.48. The highest BCUT2D eigenvalue weighted by molar-refractivity contribution is 5.87. The van der Waals surface area contributed by atoms with Crippen LogP contribution in [0.4, 0.5) is 0 Å². The van der Waals surface area contributed by atoms with Gasteiger partial charge in [-0.2, -0.15) is 0 Å². The van der Waals surface area contributed by atoms with Crippen molar-refractivity contribution in [3.63, 3.8) is 0 Å². The van der Waals surface area contributed by atoms with Crippen molar-refractivity contribution in [3.05, 3.63) is 28.9 Å². The van der Waals surface area contributed by atoms with Gasteiger partial charge in [0.05, 0.1) is 0 Å². The Morgan fingerprint density at radius 3 is 2.95 bits per heavy atom. The average molecular weight is 293 g/mol. The number of hydrogen-bond acceptors (Lipinski definition) is 4. The number of carboxylic acids is 1. The first-order valence-electron chi connectivity index (χ1n) is 6.99. The predicted molar refractivity (Wildman–Crippen MR) is 74.6 cm³/mol. The fourth-order valence-electron chi connectivity index (χ4n) is 2.88. The van der Waals surface area contributed by atoms with Crippen molar-refractivity contribution in [1.29, 1.82) is 0 Å². The lowest BCUT2D eigenvalue weighted by molar-refractivity contribution is -0.150. The maximum absolute atomic E-state index is 12.1. The largest absolute Gasteiger partial charge is 0.480 e. The quantitative estimate of drug-likeness (QED) is 0.836. The normalized spacial score (nSPS) is 25.3. The Labute approximate surface area is 122 Å². The number of rotatable bonds is 4. The van der Waals surface area contributed by atoms with Gasteiger partial charge >= 0.3 is 11.7 Å². The molecule has 0 aromatic carbocycles. The molecule has 2 atom stereocenters. The van der Waals surface area contributed by atoms with E-state index >= 15 is 0 Å². The second kappa shape index (κ2) is 6.07. The summed E-state index contributed by atoms with van der Waals surface area (Å²) in [7, 11) is 0. The molecule has 2 rings (SSSR count). The lowest BCUT2D eigenvalue weighted by Gasteiger charge is -2.37. The highest BCUT2D eigenvalue weighted by Crippen LogP contribution is 2.32. The summed E-state index contributed by atoms with van der Waals surface area (Å²) in [6, 6.07) is 1.55. The zero-order chi connectivity index (χ0) is 15.5. The second-order valence-corrected chi connectivity index (χ2v) is 5.67. The van der Waals surface area contributed by atoms with Gasteiger partial charge in [0.25, 0.3) is 0 Å². The number of hydrogen-bond donors (Lipinski definition) is 2. The van der Waals surface area contributed by atoms with Crippen LogP contribution in [0.2, 0.25) is 0 Å². The van der Waals surface area contributed by atoms with E-state index in [-0.39, 0.29) is 12.5 Å². The number of nitrogens with zero attached hydrogens (tertiary/aromatic N) is 2. The number of carbonyl (C=O) groups excluding carboxylic acids is 1. The zero-order valence-corrected chi connectivity index (χ0v) is 11.9. The molecule has 0 saturated heterocycles. The maximum atomic E-state index is 12.1. The van der Waals surface area contributed by atoms with Crippen LogP contribution in [0.3, 0.4) is 0 Å². The molecule has 0 bridgehead atoms. The fourth-order valence-corrected chi connectivity index (χ4v) is 2.88. The molecular weight excluding hydrogens is 274 g/mol. The smallest absolute Gasteiger partial charge is 0.347 e. The highest BCUT2D eigenvalue weighted by Gasteiger charge is 2.43. The van der Waals surface area contributed by atoms with Crippen LogP contribution in [0.15, 0.2) is 23.3 Å². The van der Waals surface area contributed by atoms with Crippen LogP contribution in [-0.4, -0.2) is 32.1 Å². The number of carboxylic acid groups (broad SMARTS) is 1. The summed E-state index contributed by atoms with van der Waals surface area (Å²) < 4.78 is 1.15. The van der Waals surface area contributed by atoms with Gasteiger partial charge in [-0.05, 0) is 24.8 Å². The third-order valence-electron chi connectivity index (χ3n) is 3.88. The SMILES string of the molecule is CC1CCCC(NC(=O)Cn2cccnc2=O)(C(=O)O)C1. The summed E-state index contributed by atoms with van der Waals surface area (Å²) in [5, 5.41) is 12.1. The fraction of sp³-hybridized carbons (Fsp3) is 0.571. The molecule has 1 aromatic rings. The highest BCUT2D eigenvalue weighted by atomic mass is 16.4. The van der Waals surface area contributed by atoms with E-state index in [2.05, 4.69) is 10.3 Å². The van der Waals surface area contributed by atoms with Crippen LogP contribution in [0.1, 0.15) is 32.6 Å². The van der Waals surface area contributed by atoms with Gasteiger partial charge in [0.2, 0.25) is 5.91 Å². The van der Waals surface area contributed by atoms with Crippen LogP contribution in [0, 0.1) is 5.92 Å². The summed E-state index contributed by atoms with van der Waals surface area (Å²) in [6.45, 7) is 1.75. The van der Waals surface area contributed by atoms with E-state index in [1.54, 1.807) is 6.07 Å². The molecule has 1 aliphatic rings. The molecule has 1 saturated carbocycles. The van der Waals surface area contributed by atoms with Crippen molar-refractivity contribution in [3.8, 4) is 0 Å². The molecule has 1 heterocycles. The van der Waals surface area contributed by atoms with Crippen molar-refractivity contribution in [1.82, 2.24) is 14.9 Å². The van der Waals surface area contributed by atoms with E-state index in [1.165, 1.54) is 12.4 Å². The molecule has 114 valence electrons. The Morgan fingerprint density at radius 1 is 1.57 bits per heavy atom. The number of aromatic nitrogens is 2. The molecule has 1 amide bonds. The van der Waals surface area contributed by atoms with Crippen molar-refractivity contribution >= 4 is 11.9 Å². The van der Waals surface area contributed by atoms with Crippen LogP contribution in [-0.2, 0) is 16.1 Å². The Morgan fingerprint density at radius 2 is 2.33 bits per heavy atom. The van der Waals surface area contributed by atoms with E-state index in [1.807, 2.05) is 6.92 Å². The van der Waals surface area contributed by atoms with Gasteiger partial charge in [0, 0.05) is 12.4 Å². The van der Waals surface area contributed by atoms with Crippen molar-refractivity contribution in [2.24, 2.45) is 5.92 Å². The summed E-state index contributed by atoms with van der Waals surface area (Å²) >= 11 is 0. The molecule has 1 fully saturated rings. The minimum Gasteiger partial charge on any atom is -0.480 e. The van der Waals surface area contributed by atoms with Crippen LogP contribution >= 0.6 is 0 Å². The van der Waals surface area contributed by atoms with Gasteiger partial charge in [-0.3, -0.25) is 9.36 Å². The lowest BCUT2D eigenvalue weighted by Crippen LogP contribution is -2.57. The van der Waals surface area contributed by atoms with E-state index in [0.29, 0.717) is 12.8 Å². The van der Waals surface area contributed by atoms with Crippen LogP contribution in [0.5, 0.6) is 0 Å². The first-order valence-corrected chi connectivity index (χ1v) is 6.99. The molecule has 2 N–H and O–H groups in total. The Balaban J connectivity index is 2.11. The van der Waals surface area contributed by atoms with Gasteiger partial charge in [0.15, 0.2) is 0 Å². The van der Waals surface area contributed by atoms with Gasteiger partial charge in [-0.15, -0.1) is 0 Å². The third-order valence-corrected chi connectivity index (χ3v) is 3.88. The summed E-state index contributed by atoms with van der Waals surface area (Å²) in [4.78, 5) is 38.7. The molecule has 1 aliphatic carbocycles. The molecule has 0 spiro atoms. The molecular formula is C14H19N3O4. The molecule has 2 unspecified atom stereocenters. The topological polar surface area (TPSA) is 101 Å². The van der Waals surface area contributed by atoms with Gasteiger partial charge in [0.1, 0.15) is 12.1 Å². The Bertz CT molecular complexity index is 598. The van der Waals surface area contributed by atoms with Crippen molar-refractivity contribution in [2.45, 2.75) is 44.7 Å². The maximum Gasteiger partial charge on any atom is 0.347 e. The monoisotopic (exact) mass is 293 g/mol. The second-order valence-electron chi connectivity index (χ2n) is 5.67. The first-order chi connectivity index (χ1) is 9.93. The lowest BCUT2D eigenvalue weighted by atomic mass is 9.76. The predicted octanol–water partition coefficient (Wildman–Crippen LogP) is 0.393.